The number of rotatable bonds is 6. The van der Waals surface area contributed by atoms with E-state index >= 15 is 0 Å². The minimum Gasteiger partial charge on any atom is -0.507 e. The summed E-state index contributed by atoms with van der Waals surface area (Å²) in [7, 11) is 0. The maximum atomic E-state index is 11.9. The number of H-pyrrole nitrogens is 1. The van der Waals surface area contributed by atoms with E-state index in [4.69, 9.17) is 44.3 Å². The van der Waals surface area contributed by atoms with Gasteiger partial charge in [-0.05, 0) is 18.2 Å². The van der Waals surface area contributed by atoms with Gasteiger partial charge in [-0.3, -0.25) is 0 Å². The number of fused-ring (bicyclic) bond motifs is 1. The molecule has 3 aromatic rings. The third-order valence-electron chi connectivity index (χ3n) is 3.72. The smallest absolute Gasteiger partial charge is 0.344 e. The van der Waals surface area contributed by atoms with Gasteiger partial charge in [-0.2, -0.15) is 5.26 Å². The van der Waals surface area contributed by atoms with E-state index in [1.165, 1.54) is 12.1 Å². The number of halogens is 3. The molecule has 29 heavy (non-hydrogen) atoms. The van der Waals surface area contributed by atoms with Gasteiger partial charge in [0.1, 0.15) is 24.0 Å². The molecule has 0 amide bonds. The second-order valence-corrected chi connectivity index (χ2v) is 6.90. The number of ether oxygens (including phenoxy) is 2. The quantitative estimate of drug-likeness (QED) is 0.237. The van der Waals surface area contributed by atoms with E-state index in [-0.39, 0.29) is 32.2 Å². The zero-order valence-corrected chi connectivity index (χ0v) is 16.8. The van der Waals surface area contributed by atoms with E-state index in [1.54, 1.807) is 18.2 Å². The molecule has 0 spiro atoms. The molecule has 0 atom stereocenters. The number of nitrogens with zero attached hydrogens (tertiary/aromatic N) is 2. The van der Waals surface area contributed by atoms with Crippen LogP contribution in [0, 0.1) is 11.3 Å². The highest BCUT2D eigenvalue weighted by Crippen LogP contribution is 2.33. The van der Waals surface area contributed by atoms with E-state index < -0.39 is 24.9 Å². The van der Waals surface area contributed by atoms with Crippen LogP contribution in [0.2, 0.25) is 15.1 Å². The zero-order valence-electron chi connectivity index (χ0n) is 14.6. The van der Waals surface area contributed by atoms with Crippen molar-refractivity contribution in [1.29, 1.82) is 5.26 Å². The average Bonchev–Trinajstić information content (AvgIpc) is 3.12. The largest absolute Gasteiger partial charge is 0.507 e. The third kappa shape index (κ3) is 4.93. The molecule has 0 radical (unpaired) electrons. The summed E-state index contributed by atoms with van der Waals surface area (Å²) in [6.45, 7) is -1.02. The third-order valence-corrected chi connectivity index (χ3v) is 4.73. The van der Waals surface area contributed by atoms with Crippen molar-refractivity contribution in [3.8, 4) is 11.8 Å². The highest BCUT2D eigenvalue weighted by molar-refractivity contribution is 6.43. The summed E-state index contributed by atoms with van der Waals surface area (Å²) in [6.07, 6.45) is 0. The standard InChI is InChI=1S/C19H12Cl3N3O4/c20-11-5-13(22)17(6-12(11)21)28-9-18(27)29-8-16(26)10(7-23)19-24-14-3-1-2-4-15(14)25-19/h1-6,26H,8-9H2,(H,24,25). The lowest BCUT2D eigenvalue weighted by molar-refractivity contribution is -0.145. The Labute approximate surface area is 180 Å². The molecule has 0 unspecified atom stereocenters. The first-order valence-electron chi connectivity index (χ1n) is 8.09. The van der Waals surface area contributed by atoms with Crippen molar-refractivity contribution in [2.24, 2.45) is 0 Å². The summed E-state index contributed by atoms with van der Waals surface area (Å²) >= 11 is 17.7. The number of aliphatic hydroxyl groups is 1. The topological polar surface area (TPSA) is 108 Å². The van der Waals surface area contributed by atoms with E-state index in [0.29, 0.717) is 11.0 Å². The molecule has 2 aromatic carbocycles. The fourth-order valence-electron chi connectivity index (χ4n) is 2.34. The molecule has 0 fully saturated rings. The van der Waals surface area contributed by atoms with E-state index in [9.17, 15) is 15.2 Å². The normalized spacial score (nSPS) is 11.7. The Bertz CT molecular complexity index is 1120. The van der Waals surface area contributed by atoms with Gasteiger partial charge in [0.25, 0.3) is 0 Å². The molecule has 0 bridgehead atoms. The number of nitriles is 1. The van der Waals surface area contributed by atoms with Crippen LogP contribution in [0.4, 0.5) is 0 Å². The van der Waals surface area contributed by atoms with Crippen LogP contribution >= 0.6 is 34.8 Å². The van der Waals surface area contributed by atoms with Crippen LogP contribution < -0.4 is 4.74 Å². The van der Waals surface area contributed by atoms with E-state index in [1.807, 2.05) is 12.1 Å². The van der Waals surface area contributed by atoms with Crippen LogP contribution in [0.1, 0.15) is 5.82 Å². The molecule has 10 heteroatoms. The summed E-state index contributed by atoms with van der Waals surface area (Å²) in [5.41, 5.74) is 1.20. The number of esters is 1. The zero-order chi connectivity index (χ0) is 21.0. The Morgan fingerprint density at radius 1 is 1.14 bits per heavy atom. The Kier molecular flexibility index (Phi) is 6.49. The van der Waals surface area contributed by atoms with Gasteiger partial charge < -0.3 is 19.6 Å². The van der Waals surface area contributed by atoms with Crippen LogP contribution in [-0.4, -0.2) is 34.3 Å². The SMILES string of the molecule is N#CC(=C(O)COC(=O)COc1cc(Cl)c(Cl)cc1Cl)c1nc2ccccc2[nH]1. The predicted octanol–water partition coefficient (Wildman–Crippen LogP) is 4.94. The Balaban J connectivity index is 1.64. The number of carbonyl (C=O) groups is 1. The molecule has 1 aromatic heterocycles. The molecule has 0 aliphatic heterocycles. The first-order chi connectivity index (χ1) is 13.9. The molecule has 1 heterocycles. The number of para-hydroxylation sites is 2. The molecule has 3 rings (SSSR count). The lowest BCUT2D eigenvalue weighted by Gasteiger charge is -2.09. The number of aliphatic hydroxyl groups excluding tert-OH is 1. The van der Waals surface area contributed by atoms with Crippen molar-refractivity contribution >= 4 is 57.4 Å². The van der Waals surface area contributed by atoms with Gasteiger partial charge in [-0.1, -0.05) is 46.9 Å². The minimum absolute atomic E-state index is 0.137. The maximum absolute atomic E-state index is 11.9. The van der Waals surface area contributed by atoms with Crippen LogP contribution in [0.3, 0.4) is 0 Å². The number of imidazole rings is 1. The fraction of sp³-hybridized carbons (Fsp3) is 0.105. The van der Waals surface area contributed by atoms with Crippen LogP contribution in [0.15, 0.2) is 42.2 Å². The molecule has 7 nitrogen and oxygen atoms in total. The van der Waals surface area contributed by atoms with Crippen molar-refractivity contribution in [2.45, 2.75) is 0 Å². The van der Waals surface area contributed by atoms with Gasteiger partial charge in [0.15, 0.2) is 18.2 Å². The number of aromatic nitrogens is 2. The highest BCUT2D eigenvalue weighted by atomic mass is 35.5. The highest BCUT2D eigenvalue weighted by Gasteiger charge is 2.16. The summed E-state index contributed by atoms with van der Waals surface area (Å²) < 4.78 is 10.2. The number of allylic oxidation sites excluding steroid dienone is 1. The molecule has 148 valence electrons. The first kappa shape index (κ1) is 20.8. The van der Waals surface area contributed by atoms with E-state index in [2.05, 4.69) is 9.97 Å². The molecule has 0 aliphatic rings. The van der Waals surface area contributed by atoms with Crippen LogP contribution in [-0.2, 0) is 9.53 Å². The van der Waals surface area contributed by atoms with E-state index in [0.717, 1.165) is 0 Å². The average molecular weight is 453 g/mol. The Morgan fingerprint density at radius 3 is 2.59 bits per heavy atom. The van der Waals surface area contributed by atoms with Gasteiger partial charge in [0.2, 0.25) is 0 Å². The lowest BCUT2D eigenvalue weighted by Crippen LogP contribution is -2.17. The van der Waals surface area contributed by atoms with Crippen molar-refractivity contribution in [3.05, 3.63) is 63.0 Å². The molecular weight excluding hydrogens is 441 g/mol. The van der Waals surface area contributed by atoms with Gasteiger partial charge in [-0.15, -0.1) is 0 Å². The number of hydrogen-bond acceptors (Lipinski definition) is 6. The number of nitrogens with one attached hydrogen (secondary N) is 1. The molecule has 0 aliphatic carbocycles. The summed E-state index contributed by atoms with van der Waals surface area (Å²) in [5.74, 6) is -0.924. The Hall–Kier alpha value is -2.92. The second-order valence-electron chi connectivity index (χ2n) is 5.68. The molecule has 0 saturated heterocycles. The second kappa shape index (κ2) is 9.05. The minimum atomic E-state index is -0.791. The van der Waals surface area contributed by atoms with Crippen molar-refractivity contribution in [2.75, 3.05) is 13.2 Å². The van der Waals surface area contributed by atoms with Crippen molar-refractivity contribution in [1.82, 2.24) is 9.97 Å². The predicted molar refractivity (Wildman–Crippen MR) is 109 cm³/mol. The van der Waals surface area contributed by atoms with Crippen LogP contribution in [0.25, 0.3) is 16.6 Å². The maximum Gasteiger partial charge on any atom is 0.344 e. The molecule has 2 N–H and O–H groups in total. The first-order valence-corrected chi connectivity index (χ1v) is 9.22. The van der Waals surface area contributed by atoms with Crippen molar-refractivity contribution in [3.63, 3.8) is 0 Å². The molecular formula is C19H12Cl3N3O4. The fourth-order valence-corrected chi connectivity index (χ4v) is 2.93. The number of carbonyl (C=O) groups excluding carboxylic acids is 1. The lowest BCUT2D eigenvalue weighted by atomic mass is 10.2. The number of hydrogen-bond donors (Lipinski definition) is 2. The molecule has 0 saturated carbocycles. The monoisotopic (exact) mass is 451 g/mol. The van der Waals surface area contributed by atoms with Crippen LogP contribution in [0.5, 0.6) is 5.75 Å². The van der Waals surface area contributed by atoms with Gasteiger partial charge in [0, 0.05) is 6.07 Å². The number of benzene rings is 2. The number of aromatic amines is 1. The van der Waals surface area contributed by atoms with Gasteiger partial charge >= 0.3 is 5.97 Å². The Morgan fingerprint density at radius 2 is 1.86 bits per heavy atom. The van der Waals surface area contributed by atoms with Gasteiger partial charge in [-0.25, -0.2) is 9.78 Å². The summed E-state index contributed by atoms with van der Waals surface area (Å²) in [6, 6.07) is 11.7. The van der Waals surface area contributed by atoms with Crippen molar-refractivity contribution < 1.29 is 19.4 Å². The summed E-state index contributed by atoms with van der Waals surface area (Å²) in [4.78, 5) is 19.0. The van der Waals surface area contributed by atoms with Gasteiger partial charge in [0.05, 0.1) is 26.1 Å². The summed E-state index contributed by atoms with van der Waals surface area (Å²) in [5, 5.41) is 20.1.